The molecule has 0 heterocycles. The van der Waals surface area contributed by atoms with Gasteiger partial charge in [-0.15, -0.1) is 6.58 Å². The quantitative estimate of drug-likeness (QED) is 0.598. The molecule has 102 valence electrons. The molecular weight excluding hydrogens is 232 g/mol. The van der Waals surface area contributed by atoms with Crippen LogP contribution in [0.25, 0.3) is 0 Å². The summed E-state index contributed by atoms with van der Waals surface area (Å²) in [7, 11) is 0. The fourth-order valence-corrected chi connectivity index (χ4v) is 2.00. The highest BCUT2D eigenvalue weighted by Crippen LogP contribution is 2.15. The van der Waals surface area contributed by atoms with Crippen LogP contribution in [0, 0.1) is 17.8 Å². The van der Waals surface area contributed by atoms with E-state index in [1.54, 1.807) is 0 Å². The lowest BCUT2D eigenvalue weighted by Crippen LogP contribution is -2.09. The van der Waals surface area contributed by atoms with Crippen molar-refractivity contribution in [3.63, 3.8) is 0 Å². The Hall–Kier alpha value is -1.52. The van der Waals surface area contributed by atoms with E-state index in [2.05, 4.69) is 32.3 Å². The van der Waals surface area contributed by atoms with Crippen LogP contribution in [0.5, 0.6) is 0 Å². The van der Waals surface area contributed by atoms with E-state index >= 15 is 0 Å². The van der Waals surface area contributed by atoms with Gasteiger partial charge in [0.2, 0.25) is 0 Å². The summed E-state index contributed by atoms with van der Waals surface area (Å²) < 4.78 is 0. The summed E-state index contributed by atoms with van der Waals surface area (Å²) in [5.74, 6) is 6.43. The van der Waals surface area contributed by atoms with E-state index in [4.69, 9.17) is 0 Å². The van der Waals surface area contributed by atoms with Crippen molar-refractivity contribution < 1.29 is 5.11 Å². The average Bonchev–Trinajstić information content (AvgIpc) is 2.37. The molecule has 0 fully saturated rings. The zero-order valence-corrected chi connectivity index (χ0v) is 12.0. The first-order valence-electron chi connectivity index (χ1n) is 6.97. The van der Waals surface area contributed by atoms with Crippen molar-refractivity contribution in [3.05, 3.63) is 48.0 Å². The molecule has 2 unspecified atom stereocenters. The van der Waals surface area contributed by atoms with Crippen LogP contribution in [0.2, 0.25) is 0 Å². The minimum absolute atomic E-state index is 0.499. The number of hydrogen-bond donors (Lipinski definition) is 1. The highest BCUT2D eigenvalue weighted by molar-refractivity contribution is 5.34. The second-order valence-electron chi connectivity index (χ2n) is 5.34. The van der Waals surface area contributed by atoms with Crippen molar-refractivity contribution >= 4 is 0 Å². The van der Waals surface area contributed by atoms with Crippen molar-refractivity contribution in [1.29, 1.82) is 0 Å². The molecule has 0 saturated carbocycles. The van der Waals surface area contributed by atoms with Gasteiger partial charge in [-0.05, 0) is 44.2 Å². The molecule has 0 spiro atoms. The van der Waals surface area contributed by atoms with Crippen LogP contribution >= 0.6 is 0 Å². The van der Waals surface area contributed by atoms with Gasteiger partial charge in [0.25, 0.3) is 0 Å². The van der Waals surface area contributed by atoms with Crippen molar-refractivity contribution in [2.45, 2.75) is 45.6 Å². The SMILES string of the molecule is C=C(C)CCCC(C)CC(O)C#Cc1ccccc1. The first kappa shape index (κ1) is 15.5. The Morgan fingerprint density at radius 1 is 1.32 bits per heavy atom. The van der Waals surface area contributed by atoms with Crippen LogP contribution in [-0.4, -0.2) is 11.2 Å². The molecule has 2 atom stereocenters. The molecule has 1 heteroatoms. The normalized spacial score (nSPS) is 13.2. The maximum absolute atomic E-state index is 9.90. The maximum Gasteiger partial charge on any atom is 0.115 e. The van der Waals surface area contributed by atoms with E-state index in [-0.39, 0.29) is 0 Å². The number of allylic oxidation sites excluding steroid dienone is 1. The Morgan fingerprint density at radius 2 is 2.00 bits per heavy atom. The Morgan fingerprint density at radius 3 is 2.63 bits per heavy atom. The van der Waals surface area contributed by atoms with Gasteiger partial charge in [-0.2, -0.15) is 0 Å². The number of aliphatic hydroxyl groups excluding tert-OH is 1. The molecule has 0 aliphatic rings. The summed E-state index contributed by atoms with van der Waals surface area (Å²) in [6, 6.07) is 9.78. The van der Waals surface area contributed by atoms with Gasteiger partial charge in [0.15, 0.2) is 0 Å². The van der Waals surface area contributed by atoms with Gasteiger partial charge in [0.05, 0.1) is 0 Å². The first-order valence-corrected chi connectivity index (χ1v) is 6.97. The fourth-order valence-electron chi connectivity index (χ4n) is 2.00. The molecule has 1 nitrogen and oxygen atoms in total. The molecule has 0 aromatic heterocycles. The lowest BCUT2D eigenvalue weighted by Gasteiger charge is -2.12. The Labute approximate surface area is 117 Å². The third-order valence-electron chi connectivity index (χ3n) is 3.08. The fraction of sp³-hybridized carbons (Fsp3) is 0.444. The Balaban J connectivity index is 2.33. The van der Waals surface area contributed by atoms with Gasteiger partial charge < -0.3 is 5.11 Å². The van der Waals surface area contributed by atoms with Crippen LogP contribution in [0.15, 0.2) is 42.5 Å². The van der Waals surface area contributed by atoms with Gasteiger partial charge in [-0.25, -0.2) is 0 Å². The zero-order chi connectivity index (χ0) is 14.1. The molecule has 0 aliphatic heterocycles. The first-order chi connectivity index (χ1) is 9.08. The van der Waals surface area contributed by atoms with Crippen LogP contribution in [0.4, 0.5) is 0 Å². The molecule has 19 heavy (non-hydrogen) atoms. The summed E-state index contributed by atoms with van der Waals surface area (Å²) in [6.45, 7) is 8.14. The molecule has 0 saturated heterocycles. The third kappa shape index (κ3) is 7.49. The van der Waals surface area contributed by atoms with Gasteiger partial charge in [-0.1, -0.05) is 49.0 Å². The van der Waals surface area contributed by atoms with Crippen LogP contribution in [0.1, 0.15) is 45.1 Å². The highest BCUT2D eigenvalue weighted by Gasteiger charge is 2.07. The van der Waals surface area contributed by atoms with E-state index in [9.17, 15) is 5.11 Å². The van der Waals surface area contributed by atoms with E-state index in [1.165, 1.54) is 5.57 Å². The van der Waals surface area contributed by atoms with Gasteiger partial charge >= 0.3 is 0 Å². The maximum atomic E-state index is 9.90. The van der Waals surface area contributed by atoms with E-state index in [0.717, 1.165) is 31.2 Å². The van der Waals surface area contributed by atoms with Crippen LogP contribution in [-0.2, 0) is 0 Å². The van der Waals surface area contributed by atoms with E-state index in [1.807, 2.05) is 30.3 Å². The monoisotopic (exact) mass is 256 g/mol. The van der Waals surface area contributed by atoms with Crippen molar-refractivity contribution in [1.82, 2.24) is 0 Å². The second kappa shape index (κ2) is 8.56. The van der Waals surface area contributed by atoms with Crippen molar-refractivity contribution in [2.75, 3.05) is 0 Å². The van der Waals surface area contributed by atoms with Gasteiger partial charge in [0, 0.05) is 5.56 Å². The average molecular weight is 256 g/mol. The third-order valence-corrected chi connectivity index (χ3v) is 3.08. The standard InChI is InChI=1S/C18H24O/c1-15(2)8-7-9-16(3)14-18(19)13-12-17-10-5-4-6-11-17/h4-6,10-11,16,18-19H,1,7-9,14H2,2-3H3. The summed E-state index contributed by atoms with van der Waals surface area (Å²) in [5, 5.41) is 9.90. The second-order valence-corrected chi connectivity index (χ2v) is 5.34. The van der Waals surface area contributed by atoms with Gasteiger partial charge in [0.1, 0.15) is 6.10 Å². The Bertz CT molecular complexity index is 436. The van der Waals surface area contributed by atoms with Crippen molar-refractivity contribution in [2.24, 2.45) is 5.92 Å². The lowest BCUT2D eigenvalue weighted by atomic mass is 9.96. The minimum Gasteiger partial charge on any atom is -0.380 e. The summed E-state index contributed by atoms with van der Waals surface area (Å²) in [6.07, 6.45) is 3.57. The molecule has 1 aromatic rings. The highest BCUT2D eigenvalue weighted by atomic mass is 16.3. The topological polar surface area (TPSA) is 20.2 Å². The molecule has 0 amide bonds. The zero-order valence-electron chi connectivity index (χ0n) is 12.0. The van der Waals surface area contributed by atoms with Gasteiger partial charge in [-0.3, -0.25) is 0 Å². The molecular formula is C18H24O. The minimum atomic E-state index is -0.528. The number of benzene rings is 1. The van der Waals surface area contributed by atoms with E-state index in [0.29, 0.717) is 5.92 Å². The van der Waals surface area contributed by atoms with E-state index < -0.39 is 6.10 Å². The molecule has 1 rings (SSSR count). The van der Waals surface area contributed by atoms with Crippen LogP contribution in [0.3, 0.4) is 0 Å². The Kier molecular flexibility index (Phi) is 7.00. The number of aliphatic hydroxyl groups is 1. The molecule has 0 bridgehead atoms. The number of rotatable bonds is 6. The number of hydrogen-bond acceptors (Lipinski definition) is 1. The summed E-state index contributed by atoms with van der Waals surface area (Å²) >= 11 is 0. The summed E-state index contributed by atoms with van der Waals surface area (Å²) in [5.41, 5.74) is 2.19. The molecule has 1 N–H and O–H groups in total. The smallest absolute Gasteiger partial charge is 0.115 e. The lowest BCUT2D eigenvalue weighted by molar-refractivity contribution is 0.196. The molecule has 0 radical (unpaired) electrons. The molecule has 1 aromatic carbocycles. The van der Waals surface area contributed by atoms with Crippen LogP contribution < -0.4 is 0 Å². The summed E-state index contributed by atoms with van der Waals surface area (Å²) in [4.78, 5) is 0. The largest absolute Gasteiger partial charge is 0.380 e. The molecule has 0 aliphatic carbocycles. The van der Waals surface area contributed by atoms with Crippen molar-refractivity contribution in [3.8, 4) is 11.8 Å². The predicted octanol–water partition coefficient (Wildman–Crippen LogP) is 4.17. The predicted molar refractivity (Wildman–Crippen MR) is 81.8 cm³/mol.